The highest BCUT2D eigenvalue weighted by Gasteiger charge is 2.32. The number of carbonyl (C=O) groups excluding carboxylic acids is 2. The molecule has 0 bridgehead atoms. The smallest absolute Gasteiger partial charge is 0.243 e. The minimum Gasteiger partial charge on any atom is -0.350 e. The van der Waals surface area contributed by atoms with Crippen molar-refractivity contribution in [3.63, 3.8) is 0 Å². The summed E-state index contributed by atoms with van der Waals surface area (Å²) in [6.45, 7) is 2.27. The Bertz CT molecular complexity index is 1010. The van der Waals surface area contributed by atoms with Crippen molar-refractivity contribution in [1.29, 1.82) is 0 Å². The Hall–Kier alpha value is -2.85. The van der Waals surface area contributed by atoms with Crippen molar-refractivity contribution in [2.24, 2.45) is 5.92 Å². The van der Waals surface area contributed by atoms with Crippen LogP contribution in [0, 0.1) is 11.7 Å². The molecule has 31 heavy (non-hydrogen) atoms. The van der Waals surface area contributed by atoms with Crippen molar-refractivity contribution in [3.8, 4) is 0 Å². The minimum atomic E-state index is -3.73. The molecule has 2 aromatic rings. The first-order valence-electron chi connectivity index (χ1n) is 10.00. The number of benzene rings is 1. The van der Waals surface area contributed by atoms with Crippen molar-refractivity contribution in [2.45, 2.75) is 37.2 Å². The lowest BCUT2D eigenvalue weighted by atomic mass is 9.97. The quantitative estimate of drug-likeness (QED) is 0.666. The van der Waals surface area contributed by atoms with Crippen LogP contribution in [-0.4, -0.2) is 48.7 Å². The van der Waals surface area contributed by atoms with Crippen LogP contribution in [0.5, 0.6) is 0 Å². The number of amides is 2. The highest BCUT2D eigenvalue weighted by Crippen LogP contribution is 2.24. The highest BCUT2D eigenvalue weighted by atomic mass is 32.2. The zero-order valence-electron chi connectivity index (χ0n) is 17.1. The zero-order valence-corrected chi connectivity index (χ0v) is 17.9. The Balaban J connectivity index is 1.48. The van der Waals surface area contributed by atoms with Gasteiger partial charge in [0, 0.05) is 37.9 Å². The van der Waals surface area contributed by atoms with E-state index in [9.17, 15) is 22.4 Å². The van der Waals surface area contributed by atoms with Crippen LogP contribution in [0.3, 0.4) is 0 Å². The molecule has 1 aliphatic heterocycles. The van der Waals surface area contributed by atoms with Crippen LogP contribution in [0.2, 0.25) is 0 Å². The highest BCUT2D eigenvalue weighted by molar-refractivity contribution is 7.89. The third kappa shape index (κ3) is 5.86. The summed E-state index contributed by atoms with van der Waals surface area (Å²) in [6.07, 6.45) is 3.98. The van der Waals surface area contributed by atoms with Gasteiger partial charge in [-0.05, 0) is 55.7 Å². The molecule has 1 fully saturated rings. The fourth-order valence-corrected chi connectivity index (χ4v) is 4.83. The second-order valence-corrected chi connectivity index (χ2v) is 9.38. The number of hydrogen-bond donors (Lipinski definition) is 2. The van der Waals surface area contributed by atoms with E-state index in [4.69, 9.17) is 0 Å². The number of rotatable bonds is 7. The summed E-state index contributed by atoms with van der Waals surface area (Å²) in [7, 11) is -3.73. The number of piperidine rings is 1. The summed E-state index contributed by atoms with van der Waals surface area (Å²) >= 11 is 0. The number of nitrogens with one attached hydrogen (secondary N) is 2. The fourth-order valence-electron chi connectivity index (χ4n) is 3.36. The van der Waals surface area contributed by atoms with Crippen LogP contribution < -0.4 is 10.6 Å². The Morgan fingerprint density at radius 1 is 1.19 bits per heavy atom. The van der Waals surface area contributed by atoms with Crippen molar-refractivity contribution >= 4 is 21.8 Å². The van der Waals surface area contributed by atoms with E-state index >= 15 is 0 Å². The third-order valence-electron chi connectivity index (χ3n) is 5.22. The van der Waals surface area contributed by atoms with E-state index < -0.39 is 21.9 Å². The average Bonchev–Trinajstić information content (AvgIpc) is 2.78. The van der Waals surface area contributed by atoms with Gasteiger partial charge in [-0.15, -0.1) is 0 Å². The molecule has 166 valence electrons. The van der Waals surface area contributed by atoms with Crippen LogP contribution in [0.15, 0.2) is 53.7 Å². The molecule has 0 aliphatic carbocycles. The van der Waals surface area contributed by atoms with Gasteiger partial charge in [0.05, 0.1) is 4.90 Å². The van der Waals surface area contributed by atoms with Gasteiger partial charge in [-0.25, -0.2) is 12.8 Å². The molecular weight excluding hydrogens is 423 g/mol. The lowest BCUT2D eigenvalue weighted by Crippen LogP contribution is -2.49. The first kappa shape index (κ1) is 22.8. The van der Waals surface area contributed by atoms with Gasteiger partial charge in [0.2, 0.25) is 21.8 Å². The molecule has 1 saturated heterocycles. The number of pyridine rings is 1. The standard InChI is InChI=1S/C21H25FN4O4S/c1-15(20(27)24-14-16-3-2-10-23-13-16)25-21(28)17-8-11-26(12-9-17)31(29,30)19-6-4-18(22)5-7-19/h2-7,10,13,15,17H,8-9,11-12,14H2,1H3,(H,24,27)(H,25,28)/t15-/m0/s1. The Morgan fingerprint density at radius 3 is 2.48 bits per heavy atom. The van der Waals surface area contributed by atoms with E-state index in [1.807, 2.05) is 6.07 Å². The predicted molar refractivity (Wildman–Crippen MR) is 112 cm³/mol. The van der Waals surface area contributed by atoms with Crippen LogP contribution in [0.4, 0.5) is 4.39 Å². The normalized spacial score (nSPS) is 16.5. The largest absolute Gasteiger partial charge is 0.350 e. The molecule has 0 unspecified atom stereocenters. The minimum absolute atomic E-state index is 0.0238. The first-order chi connectivity index (χ1) is 14.8. The SMILES string of the molecule is C[C@H](NC(=O)C1CCN(S(=O)(=O)c2ccc(F)cc2)CC1)C(=O)NCc1cccnc1. The molecule has 1 atom stereocenters. The number of halogens is 1. The molecule has 0 saturated carbocycles. The van der Waals surface area contributed by atoms with Crippen LogP contribution >= 0.6 is 0 Å². The number of carbonyl (C=O) groups is 2. The number of sulfonamides is 1. The molecule has 0 spiro atoms. The Labute approximate surface area is 180 Å². The molecule has 8 nitrogen and oxygen atoms in total. The number of hydrogen-bond acceptors (Lipinski definition) is 5. The topological polar surface area (TPSA) is 108 Å². The van der Waals surface area contributed by atoms with E-state index in [1.165, 1.54) is 16.4 Å². The number of aromatic nitrogens is 1. The molecule has 10 heteroatoms. The van der Waals surface area contributed by atoms with Crippen LogP contribution in [0.1, 0.15) is 25.3 Å². The Kier molecular flexibility index (Phi) is 7.34. The number of nitrogens with zero attached hydrogens (tertiary/aromatic N) is 2. The maximum Gasteiger partial charge on any atom is 0.243 e. The molecule has 1 aliphatic rings. The van der Waals surface area contributed by atoms with Crippen LogP contribution in [0.25, 0.3) is 0 Å². The maximum atomic E-state index is 13.1. The fraction of sp³-hybridized carbons (Fsp3) is 0.381. The van der Waals surface area contributed by atoms with Gasteiger partial charge in [-0.2, -0.15) is 4.31 Å². The van der Waals surface area contributed by atoms with Crippen molar-refractivity contribution < 1.29 is 22.4 Å². The third-order valence-corrected chi connectivity index (χ3v) is 7.13. The summed E-state index contributed by atoms with van der Waals surface area (Å²) in [4.78, 5) is 28.8. The predicted octanol–water partition coefficient (Wildman–Crippen LogP) is 1.44. The lowest BCUT2D eigenvalue weighted by molar-refractivity contribution is -0.131. The summed E-state index contributed by atoms with van der Waals surface area (Å²) in [5, 5.41) is 5.45. The lowest BCUT2D eigenvalue weighted by Gasteiger charge is -2.31. The van der Waals surface area contributed by atoms with E-state index in [0.717, 1.165) is 17.7 Å². The van der Waals surface area contributed by atoms with E-state index in [1.54, 1.807) is 25.4 Å². The second-order valence-electron chi connectivity index (χ2n) is 7.44. The summed E-state index contributed by atoms with van der Waals surface area (Å²) < 4.78 is 39.7. The average molecular weight is 449 g/mol. The molecular formula is C21H25FN4O4S. The van der Waals surface area contributed by atoms with Crippen molar-refractivity contribution in [2.75, 3.05) is 13.1 Å². The van der Waals surface area contributed by atoms with E-state index in [0.29, 0.717) is 19.4 Å². The summed E-state index contributed by atoms with van der Waals surface area (Å²) in [5.41, 5.74) is 0.851. The second kappa shape index (κ2) is 9.97. The molecule has 2 heterocycles. The molecule has 1 aromatic carbocycles. The monoisotopic (exact) mass is 448 g/mol. The molecule has 2 N–H and O–H groups in total. The first-order valence-corrected chi connectivity index (χ1v) is 11.4. The van der Waals surface area contributed by atoms with Gasteiger partial charge >= 0.3 is 0 Å². The van der Waals surface area contributed by atoms with Gasteiger partial charge < -0.3 is 10.6 Å². The van der Waals surface area contributed by atoms with Crippen LogP contribution in [-0.2, 0) is 26.2 Å². The van der Waals surface area contributed by atoms with E-state index in [2.05, 4.69) is 15.6 Å². The molecule has 3 rings (SSSR count). The van der Waals surface area contributed by atoms with Crippen molar-refractivity contribution in [1.82, 2.24) is 19.9 Å². The van der Waals surface area contributed by atoms with E-state index in [-0.39, 0.29) is 35.7 Å². The zero-order chi connectivity index (χ0) is 22.4. The van der Waals surface area contributed by atoms with Crippen molar-refractivity contribution in [3.05, 3.63) is 60.2 Å². The molecule has 1 aromatic heterocycles. The van der Waals surface area contributed by atoms with Gasteiger partial charge in [-0.3, -0.25) is 14.6 Å². The Morgan fingerprint density at radius 2 is 1.87 bits per heavy atom. The summed E-state index contributed by atoms with van der Waals surface area (Å²) in [6, 6.07) is 7.57. The van der Waals surface area contributed by atoms with Gasteiger partial charge in [0.15, 0.2) is 0 Å². The van der Waals surface area contributed by atoms with Gasteiger partial charge in [0.25, 0.3) is 0 Å². The van der Waals surface area contributed by atoms with Gasteiger partial charge in [-0.1, -0.05) is 6.07 Å². The molecule has 2 amide bonds. The maximum absolute atomic E-state index is 13.1. The molecule has 0 radical (unpaired) electrons. The van der Waals surface area contributed by atoms with Gasteiger partial charge in [0.1, 0.15) is 11.9 Å². The summed E-state index contributed by atoms with van der Waals surface area (Å²) in [5.74, 6) is -1.47.